The highest BCUT2D eigenvalue weighted by molar-refractivity contribution is 6.30. The molecule has 0 radical (unpaired) electrons. The van der Waals surface area contributed by atoms with Crippen LogP contribution in [-0.2, 0) is 6.42 Å². The van der Waals surface area contributed by atoms with E-state index in [-0.39, 0.29) is 12.0 Å². The average molecular weight is 285 g/mol. The van der Waals surface area contributed by atoms with Gasteiger partial charge in [0.15, 0.2) is 0 Å². The van der Waals surface area contributed by atoms with Gasteiger partial charge in [-0.3, -0.25) is 0 Å². The highest BCUT2D eigenvalue weighted by Gasteiger charge is 2.14. The summed E-state index contributed by atoms with van der Waals surface area (Å²) in [5.41, 5.74) is 1.04. The molecule has 0 aliphatic heterocycles. The lowest BCUT2D eigenvalue weighted by atomic mass is 10.0. The van der Waals surface area contributed by atoms with E-state index < -0.39 is 11.9 Å². The van der Waals surface area contributed by atoms with Crippen molar-refractivity contribution >= 4 is 23.2 Å². The number of hydrogen-bond acceptors (Lipinski definition) is 1. The fourth-order valence-corrected chi connectivity index (χ4v) is 2.16. The Bertz CT molecular complexity index is 557. The van der Waals surface area contributed by atoms with E-state index in [4.69, 9.17) is 23.2 Å². The quantitative estimate of drug-likeness (QED) is 0.885. The third kappa shape index (κ3) is 3.22. The second-order valence-electron chi connectivity index (χ2n) is 4.02. The Hall–Kier alpha value is -1.09. The predicted molar refractivity (Wildman–Crippen MR) is 71.5 cm³/mol. The van der Waals surface area contributed by atoms with E-state index in [0.717, 1.165) is 5.56 Å². The Morgan fingerprint density at radius 3 is 2.50 bits per heavy atom. The van der Waals surface area contributed by atoms with Crippen molar-refractivity contribution in [2.75, 3.05) is 0 Å². The van der Waals surface area contributed by atoms with Gasteiger partial charge in [-0.15, -0.1) is 0 Å². The van der Waals surface area contributed by atoms with Crippen LogP contribution in [0, 0.1) is 5.82 Å². The van der Waals surface area contributed by atoms with Crippen molar-refractivity contribution in [3.05, 3.63) is 69.5 Å². The molecular formula is C14H11Cl2FO. The molecule has 0 bridgehead atoms. The van der Waals surface area contributed by atoms with Crippen molar-refractivity contribution in [2.24, 2.45) is 0 Å². The van der Waals surface area contributed by atoms with E-state index in [9.17, 15) is 9.50 Å². The van der Waals surface area contributed by atoms with Crippen LogP contribution in [-0.4, -0.2) is 5.11 Å². The minimum Gasteiger partial charge on any atom is -0.388 e. The number of benzene rings is 2. The monoisotopic (exact) mass is 284 g/mol. The first kappa shape index (κ1) is 13.3. The molecule has 1 N–H and O–H groups in total. The van der Waals surface area contributed by atoms with Crippen LogP contribution in [0.5, 0.6) is 0 Å². The van der Waals surface area contributed by atoms with Crippen molar-refractivity contribution in [1.82, 2.24) is 0 Å². The van der Waals surface area contributed by atoms with Gasteiger partial charge in [0, 0.05) is 22.0 Å². The van der Waals surface area contributed by atoms with Gasteiger partial charge >= 0.3 is 0 Å². The summed E-state index contributed by atoms with van der Waals surface area (Å²) in [6, 6.07) is 11.2. The van der Waals surface area contributed by atoms with Gasteiger partial charge in [-0.05, 0) is 35.9 Å². The Balaban J connectivity index is 2.21. The van der Waals surface area contributed by atoms with Gasteiger partial charge in [-0.2, -0.15) is 0 Å². The first-order valence-electron chi connectivity index (χ1n) is 5.44. The SMILES string of the molecule is OC(Cc1cccc(Cl)c1)c1cc(Cl)ccc1F. The maximum atomic E-state index is 13.6. The smallest absolute Gasteiger partial charge is 0.129 e. The van der Waals surface area contributed by atoms with E-state index >= 15 is 0 Å². The standard InChI is InChI=1S/C14H11Cl2FO/c15-10-3-1-2-9(6-10)7-14(18)12-8-11(16)4-5-13(12)17/h1-6,8,14,18H,7H2. The molecule has 1 unspecified atom stereocenters. The van der Waals surface area contributed by atoms with Crippen LogP contribution in [0.4, 0.5) is 4.39 Å². The summed E-state index contributed by atoms with van der Waals surface area (Å²) in [6.45, 7) is 0. The molecular weight excluding hydrogens is 274 g/mol. The number of hydrogen-bond donors (Lipinski definition) is 1. The Morgan fingerprint density at radius 2 is 1.78 bits per heavy atom. The Labute approximate surface area is 115 Å². The highest BCUT2D eigenvalue weighted by Crippen LogP contribution is 2.25. The second kappa shape index (κ2) is 5.70. The van der Waals surface area contributed by atoms with Crippen molar-refractivity contribution < 1.29 is 9.50 Å². The minimum atomic E-state index is -0.942. The molecule has 1 atom stereocenters. The molecule has 0 saturated heterocycles. The molecule has 4 heteroatoms. The molecule has 94 valence electrons. The molecule has 0 amide bonds. The van der Waals surface area contributed by atoms with Crippen LogP contribution >= 0.6 is 23.2 Å². The molecule has 0 heterocycles. The number of aliphatic hydroxyl groups excluding tert-OH is 1. The summed E-state index contributed by atoms with van der Waals surface area (Å²) in [6.07, 6.45) is -0.653. The summed E-state index contributed by atoms with van der Waals surface area (Å²) in [7, 11) is 0. The number of aliphatic hydroxyl groups is 1. The number of rotatable bonds is 3. The van der Waals surface area contributed by atoms with E-state index in [1.807, 2.05) is 6.07 Å². The van der Waals surface area contributed by atoms with Gasteiger partial charge in [0.2, 0.25) is 0 Å². The molecule has 0 saturated carbocycles. The van der Waals surface area contributed by atoms with Crippen LogP contribution in [0.15, 0.2) is 42.5 Å². The third-order valence-electron chi connectivity index (χ3n) is 2.64. The van der Waals surface area contributed by atoms with Crippen LogP contribution in [0.2, 0.25) is 10.0 Å². The Kier molecular flexibility index (Phi) is 4.23. The van der Waals surface area contributed by atoms with Gasteiger partial charge in [0.25, 0.3) is 0 Å². The van der Waals surface area contributed by atoms with E-state index in [0.29, 0.717) is 10.0 Å². The fraction of sp³-hybridized carbons (Fsp3) is 0.143. The van der Waals surface area contributed by atoms with Gasteiger partial charge in [0.05, 0.1) is 6.10 Å². The normalized spacial score (nSPS) is 12.4. The molecule has 2 rings (SSSR count). The largest absolute Gasteiger partial charge is 0.388 e. The van der Waals surface area contributed by atoms with Crippen LogP contribution < -0.4 is 0 Å². The Morgan fingerprint density at radius 1 is 1.06 bits per heavy atom. The number of halogens is 3. The second-order valence-corrected chi connectivity index (χ2v) is 4.89. The summed E-state index contributed by atoms with van der Waals surface area (Å²) >= 11 is 11.6. The van der Waals surface area contributed by atoms with Crippen LogP contribution in [0.3, 0.4) is 0 Å². The van der Waals surface area contributed by atoms with Gasteiger partial charge < -0.3 is 5.11 Å². The van der Waals surface area contributed by atoms with Gasteiger partial charge in [0.1, 0.15) is 5.82 Å². The zero-order valence-electron chi connectivity index (χ0n) is 9.41. The molecule has 1 nitrogen and oxygen atoms in total. The van der Waals surface area contributed by atoms with Crippen LogP contribution in [0.25, 0.3) is 0 Å². The topological polar surface area (TPSA) is 20.2 Å². The summed E-state index contributed by atoms with van der Waals surface area (Å²) in [4.78, 5) is 0. The maximum absolute atomic E-state index is 13.6. The van der Waals surface area contributed by atoms with Crippen molar-refractivity contribution in [1.29, 1.82) is 0 Å². The highest BCUT2D eigenvalue weighted by atomic mass is 35.5. The van der Waals surface area contributed by atoms with Gasteiger partial charge in [-0.25, -0.2) is 4.39 Å². The molecule has 0 aliphatic carbocycles. The lowest BCUT2D eigenvalue weighted by Crippen LogP contribution is -2.04. The van der Waals surface area contributed by atoms with Crippen LogP contribution in [0.1, 0.15) is 17.2 Å². The molecule has 18 heavy (non-hydrogen) atoms. The van der Waals surface area contributed by atoms with Gasteiger partial charge in [-0.1, -0.05) is 35.3 Å². The third-order valence-corrected chi connectivity index (χ3v) is 3.11. The zero-order valence-corrected chi connectivity index (χ0v) is 10.9. The first-order valence-corrected chi connectivity index (χ1v) is 6.19. The lowest BCUT2D eigenvalue weighted by Gasteiger charge is -2.12. The van der Waals surface area contributed by atoms with Crippen molar-refractivity contribution in [3.63, 3.8) is 0 Å². The van der Waals surface area contributed by atoms with E-state index in [1.165, 1.54) is 18.2 Å². The summed E-state index contributed by atoms with van der Waals surface area (Å²) < 4.78 is 13.6. The first-order chi connectivity index (χ1) is 8.56. The minimum absolute atomic E-state index is 0.197. The molecule has 0 fully saturated rings. The zero-order chi connectivity index (χ0) is 13.1. The molecule has 2 aromatic rings. The fourth-order valence-electron chi connectivity index (χ4n) is 1.77. The molecule has 0 spiro atoms. The van der Waals surface area contributed by atoms with Crippen molar-refractivity contribution in [3.8, 4) is 0 Å². The van der Waals surface area contributed by atoms with Crippen molar-refractivity contribution in [2.45, 2.75) is 12.5 Å². The molecule has 0 aliphatic rings. The average Bonchev–Trinajstić information content (AvgIpc) is 2.32. The van der Waals surface area contributed by atoms with E-state index in [1.54, 1.807) is 18.2 Å². The summed E-state index contributed by atoms with van der Waals surface area (Å²) in [5, 5.41) is 11.0. The molecule has 2 aromatic carbocycles. The van der Waals surface area contributed by atoms with E-state index in [2.05, 4.69) is 0 Å². The predicted octanol–water partition coefficient (Wildman–Crippen LogP) is 4.41. The molecule has 0 aromatic heterocycles. The lowest BCUT2D eigenvalue weighted by molar-refractivity contribution is 0.173. The maximum Gasteiger partial charge on any atom is 0.129 e. The summed E-state index contributed by atoms with van der Waals surface area (Å²) in [5.74, 6) is -0.464.